The second-order valence-electron chi connectivity index (χ2n) is 4.65. The third-order valence-electron chi connectivity index (χ3n) is 3.07. The number of hydrogen-bond acceptors (Lipinski definition) is 7. The maximum absolute atomic E-state index is 5.34. The number of benzene rings is 1. The Hall–Kier alpha value is -2.22. The summed E-state index contributed by atoms with van der Waals surface area (Å²) in [6.07, 6.45) is 0. The molecule has 0 saturated heterocycles. The predicted molar refractivity (Wildman–Crippen MR) is 77.2 cm³/mol. The van der Waals surface area contributed by atoms with E-state index in [2.05, 4.69) is 51.7 Å². The van der Waals surface area contributed by atoms with E-state index in [9.17, 15) is 0 Å². The number of thioether (sulfide) groups is 1. The fourth-order valence-corrected chi connectivity index (χ4v) is 2.54. The zero-order valence-corrected chi connectivity index (χ0v) is 12.8. The molecule has 0 aliphatic carbocycles. The van der Waals surface area contributed by atoms with E-state index in [1.54, 1.807) is 11.6 Å². The Bertz CT molecular complexity index is 766. The molecule has 21 heavy (non-hydrogen) atoms. The molecule has 8 heteroatoms. The molecule has 0 spiro atoms. The summed E-state index contributed by atoms with van der Waals surface area (Å²) in [4.78, 5) is 0. The highest BCUT2D eigenvalue weighted by molar-refractivity contribution is 7.98. The summed E-state index contributed by atoms with van der Waals surface area (Å²) in [5, 5.41) is 20.3. The lowest BCUT2D eigenvalue weighted by Crippen LogP contribution is -2.00. The van der Waals surface area contributed by atoms with Gasteiger partial charge >= 0.3 is 0 Å². The van der Waals surface area contributed by atoms with Gasteiger partial charge in [-0.05, 0) is 47.5 Å². The van der Waals surface area contributed by atoms with Crippen LogP contribution in [0.15, 0.2) is 27.8 Å². The zero-order valence-electron chi connectivity index (χ0n) is 11.9. The molecule has 0 aliphatic heterocycles. The molecule has 2 aromatic heterocycles. The van der Waals surface area contributed by atoms with Crippen LogP contribution in [0.1, 0.15) is 22.9 Å². The van der Waals surface area contributed by atoms with Gasteiger partial charge in [-0.1, -0.05) is 17.8 Å². The Morgan fingerprint density at radius 1 is 1.10 bits per heavy atom. The third kappa shape index (κ3) is 2.94. The Labute approximate surface area is 125 Å². The van der Waals surface area contributed by atoms with E-state index in [0.29, 0.717) is 22.7 Å². The van der Waals surface area contributed by atoms with Gasteiger partial charge in [0.2, 0.25) is 16.9 Å². The van der Waals surface area contributed by atoms with Crippen molar-refractivity contribution in [2.24, 2.45) is 0 Å². The number of hydrogen-bond donors (Lipinski definition) is 0. The van der Waals surface area contributed by atoms with E-state index in [-0.39, 0.29) is 0 Å². The summed E-state index contributed by atoms with van der Waals surface area (Å²) < 4.78 is 7.05. The van der Waals surface area contributed by atoms with E-state index >= 15 is 0 Å². The van der Waals surface area contributed by atoms with Gasteiger partial charge in [-0.3, -0.25) is 0 Å². The Morgan fingerprint density at radius 3 is 2.67 bits per heavy atom. The van der Waals surface area contributed by atoms with Crippen LogP contribution in [-0.4, -0.2) is 30.4 Å². The van der Waals surface area contributed by atoms with E-state index in [1.807, 2.05) is 6.07 Å². The van der Waals surface area contributed by atoms with Crippen LogP contribution in [0.2, 0.25) is 0 Å². The Morgan fingerprint density at radius 2 is 1.95 bits per heavy atom. The van der Waals surface area contributed by atoms with Crippen LogP contribution in [0.25, 0.3) is 5.69 Å². The van der Waals surface area contributed by atoms with E-state index in [1.165, 1.54) is 22.9 Å². The van der Waals surface area contributed by atoms with Crippen LogP contribution >= 0.6 is 11.8 Å². The lowest BCUT2D eigenvalue weighted by Gasteiger charge is -2.06. The topological polar surface area (TPSA) is 82.5 Å². The molecule has 3 rings (SSSR count). The lowest BCUT2D eigenvalue weighted by molar-refractivity contribution is 0.485. The van der Waals surface area contributed by atoms with Crippen LogP contribution in [0.4, 0.5) is 0 Å². The molecule has 108 valence electrons. The summed E-state index contributed by atoms with van der Waals surface area (Å²) in [5.74, 6) is 1.65. The molecule has 7 nitrogen and oxygen atoms in total. The average molecular weight is 302 g/mol. The van der Waals surface area contributed by atoms with Gasteiger partial charge in [-0.25, -0.2) is 0 Å². The summed E-state index contributed by atoms with van der Waals surface area (Å²) in [7, 11) is 0. The minimum atomic E-state index is 0.534. The van der Waals surface area contributed by atoms with Crippen LogP contribution in [0.3, 0.4) is 0 Å². The minimum absolute atomic E-state index is 0.534. The fraction of sp³-hybridized carbons (Fsp3) is 0.308. The molecule has 0 radical (unpaired) electrons. The number of aromatic nitrogens is 6. The average Bonchev–Trinajstić information content (AvgIpc) is 3.08. The first kappa shape index (κ1) is 13.7. The van der Waals surface area contributed by atoms with Gasteiger partial charge in [0, 0.05) is 6.92 Å². The Kier molecular flexibility index (Phi) is 3.70. The number of nitrogens with zero attached hydrogens (tertiary/aromatic N) is 6. The molecule has 0 saturated carbocycles. The standard InChI is InChI=1S/C13H14N6OS/c1-8-4-5-11(6-9(8)2)19-13(16-17-18-19)21-7-12-15-14-10(3)20-12/h4-6H,7H2,1-3H3. The lowest BCUT2D eigenvalue weighted by atomic mass is 10.1. The maximum Gasteiger partial charge on any atom is 0.226 e. The van der Waals surface area contributed by atoms with Crippen molar-refractivity contribution in [3.63, 3.8) is 0 Å². The summed E-state index contributed by atoms with van der Waals surface area (Å²) in [6.45, 7) is 5.91. The van der Waals surface area contributed by atoms with Crippen LogP contribution in [0.5, 0.6) is 0 Å². The highest BCUT2D eigenvalue weighted by atomic mass is 32.2. The molecule has 3 aromatic rings. The van der Waals surface area contributed by atoms with Crippen molar-refractivity contribution < 1.29 is 4.42 Å². The highest BCUT2D eigenvalue weighted by Gasteiger charge is 2.12. The van der Waals surface area contributed by atoms with Gasteiger partial charge in [-0.15, -0.1) is 15.3 Å². The van der Waals surface area contributed by atoms with Crippen LogP contribution in [-0.2, 0) is 5.75 Å². The van der Waals surface area contributed by atoms with Gasteiger partial charge in [0.05, 0.1) is 11.4 Å². The van der Waals surface area contributed by atoms with Crippen molar-refractivity contribution in [2.75, 3.05) is 0 Å². The smallest absolute Gasteiger partial charge is 0.226 e. The van der Waals surface area contributed by atoms with Gasteiger partial charge in [0.1, 0.15) is 0 Å². The highest BCUT2D eigenvalue weighted by Crippen LogP contribution is 2.22. The quantitative estimate of drug-likeness (QED) is 0.683. The van der Waals surface area contributed by atoms with Gasteiger partial charge in [0.25, 0.3) is 0 Å². The van der Waals surface area contributed by atoms with Crippen molar-refractivity contribution in [1.29, 1.82) is 0 Å². The van der Waals surface area contributed by atoms with Crippen LogP contribution in [0, 0.1) is 20.8 Å². The largest absolute Gasteiger partial charge is 0.425 e. The predicted octanol–water partition coefficient (Wildman–Crippen LogP) is 2.26. The summed E-state index contributed by atoms with van der Waals surface area (Å²) >= 11 is 1.46. The second kappa shape index (κ2) is 5.65. The normalized spacial score (nSPS) is 11.0. The first-order valence-electron chi connectivity index (χ1n) is 6.41. The van der Waals surface area contributed by atoms with Gasteiger partial charge < -0.3 is 4.42 Å². The van der Waals surface area contributed by atoms with Crippen molar-refractivity contribution in [2.45, 2.75) is 31.7 Å². The van der Waals surface area contributed by atoms with E-state index in [4.69, 9.17) is 4.42 Å². The van der Waals surface area contributed by atoms with Crippen molar-refractivity contribution in [3.05, 3.63) is 41.1 Å². The molecular weight excluding hydrogens is 288 g/mol. The van der Waals surface area contributed by atoms with E-state index in [0.717, 1.165) is 5.69 Å². The van der Waals surface area contributed by atoms with Crippen molar-refractivity contribution in [1.82, 2.24) is 30.4 Å². The SMILES string of the molecule is Cc1nnc(CSc2nnnn2-c2ccc(C)c(C)c2)o1. The van der Waals surface area contributed by atoms with Crippen molar-refractivity contribution >= 4 is 11.8 Å². The molecule has 1 aromatic carbocycles. The maximum atomic E-state index is 5.34. The second-order valence-corrected chi connectivity index (χ2v) is 5.59. The first-order chi connectivity index (χ1) is 10.1. The molecule has 0 amide bonds. The molecule has 2 heterocycles. The van der Waals surface area contributed by atoms with E-state index < -0.39 is 0 Å². The minimum Gasteiger partial charge on any atom is -0.425 e. The summed E-state index contributed by atoms with van der Waals surface area (Å²) in [5.41, 5.74) is 3.38. The Balaban J connectivity index is 1.81. The molecule has 0 aliphatic rings. The van der Waals surface area contributed by atoms with Gasteiger partial charge in [0.15, 0.2) is 0 Å². The van der Waals surface area contributed by atoms with Crippen LogP contribution < -0.4 is 0 Å². The molecule has 0 bridgehead atoms. The molecular formula is C13H14N6OS. The third-order valence-corrected chi connectivity index (χ3v) is 3.97. The number of rotatable bonds is 4. The molecule has 0 fully saturated rings. The first-order valence-corrected chi connectivity index (χ1v) is 7.40. The zero-order chi connectivity index (χ0) is 14.8. The van der Waals surface area contributed by atoms with Crippen molar-refractivity contribution in [3.8, 4) is 5.69 Å². The van der Waals surface area contributed by atoms with Gasteiger partial charge in [-0.2, -0.15) is 4.68 Å². The fourth-order valence-electron chi connectivity index (χ4n) is 1.81. The molecule has 0 atom stereocenters. The number of aryl methyl sites for hydroxylation is 3. The number of tetrazole rings is 1. The summed E-state index contributed by atoms with van der Waals surface area (Å²) in [6, 6.07) is 6.12. The molecule has 0 unspecified atom stereocenters. The molecule has 0 N–H and O–H groups in total. The monoisotopic (exact) mass is 302 g/mol.